The molecule has 1 saturated heterocycles. The van der Waals surface area contributed by atoms with Crippen molar-refractivity contribution in [3.63, 3.8) is 0 Å². The quantitative estimate of drug-likeness (QED) is 0.596. The largest absolute Gasteiger partial charge is 0.314 e. The summed E-state index contributed by atoms with van der Waals surface area (Å²) in [5.74, 6) is 0.968. The van der Waals surface area contributed by atoms with Crippen LogP contribution in [0.15, 0.2) is 0 Å². The number of hydrogen-bond donors (Lipinski definition) is 1. The van der Waals surface area contributed by atoms with Gasteiger partial charge in [0.1, 0.15) is 0 Å². The Morgan fingerprint density at radius 3 is 2.44 bits per heavy atom. The minimum Gasteiger partial charge on any atom is -0.314 e. The molecule has 1 heteroatoms. The van der Waals surface area contributed by atoms with Crippen molar-refractivity contribution in [1.29, 1.82) is 0 Å². The highest BCUT2D eigenvalue weighted by atomic mass is 14.9. The molecule has 0 aliphatic carbocycles. The van der Waals surface area contributed by atoms with E-state index in [-0.39, 0.29) is 0 Å². The van der Waals surface area contributed by atoms with Crippen molar-refractivity contribution in [1.82, 2.24) is 5.32 Å². The van der Waals surface area contributed by atoms with E-state index in [9.17, 15) is 0 Å². The van der Waals surface area contributed by atoms with Gasteiger partial charge in [0.2, 0.25) is 0 Å². The Balaban J connectivity index is 2.20. The van der Waals surface area contributed by atoms with Gasteiger partial charge in [-0.05, 0) is 25.3 Å². The molecular formula is C8H17N. The minimum absolute atomic E-state index is 0.829. The van der Waals surface area contributed by atoms with Gasteiger partial charge in [-0.2, -0.15) is 0 Å². The SMILES string of the molecule is CCC1CNC(CC)C1. The van der Waals surface area contributed by atoms with Crippen LogP contribution in [0.4, 0.5) is 0 Å². The standard InChI is InChI=1S/C8H17N/c1-3-7-5-8(4-2)9-6-7/h7-9H,3-6H2,1-2H3. The van der Waals surface area contributed by atoms with Crippen molar-refractivity contribution < 1.29 is 0 Å². The summed E-state index contributed by atoms with van der Waals surface area (Å²) in [7, 11) is 0. The molecule has 9 heavy (non-hydrogen) atoms. The van der Waals surface area contributed by atoms with Crippen LogP contribution in [0, 0.1) is 5.92 Å². The normalized spacial score (nSPS) is 35.3. The molecule has 1 rings (SSSR count). The lowest BCUT2D eigenvalue weighted by atomic mass is 10.0. The Bertz CT molecular complexity index is 70.6. The third-order valence-electron chi connectivity index (χ3n) is 2.38. The van der Waals surface area contributed by atoms with Crippen LogP contribution in [-0.2, 0) is 0 Å². The molecule has 0 saturated carbocycles. The van der Waals surface area contributed by atoms with E-state index in [0.717, 1.165) is 12.0 Å². The maximum Gasteiger partial charge on any atom is 0.00676 e. The van der Waals surface area contributed by atoms with Gasteiger partial charge in [0, 0.05) is 6.04 Å². The van der Waals surface area contributed by atoms with Gasteiger partial charge in [0.05, 0.1) is 0 Å². The van der Waals surface area contributed by atoms with Crippen molar-refractivity contribution in [3.8, 4) is 0 Å². The number of hydrogen-bond acceptors (Lipinski definition) is 1. The molecule has 0 bridgehead atoms. The first kappa shape index (κ1) is 7.07. The number of rotatable bonds is 2. The molecule has 0 aromatic heterocycles. The summed E-state index contributed by atoms with van der Waals surface area (Å²) in [5.41, 5.74) is 0. The van der Waals surface area contributed by atoms with E-state index in [0.29, 0.717) is 0 Å². The molecule has 0 amide bonds. The van der Waals surface area contributed by atoms with Crippen molar-refractivity contribution in [2.24, 2.45) is 5.92 Å². The molecule has 1 fully saturated rings. The Hall–Kier alpha value is -0.0400. The van der Waals surface area contributed by atoms with Gasteiger partial charge in [-0.15, -0.1) is 0 Å². The summed E-state index contributed by atoms with van der Waals surface area (Å²) in [5, 5.41) is 3.51. The molecule has 0 aromatic rings. The fourth-order valence-electron chi connectivity index (χ4n) is 1.52. The maximum absolute atomic E-state index is 3.51. The Morgan fingerprint density at radius 2 is 2.11 bits per heavy atom. The Morgan fingerprint density at radius 1 is 1.33 bits per heavy atom. The zero-order chi connectivity index (χ0) is 6.69. The first-order valence-electron chi connectivity index (χ1n) is 4.10. The van der Waals surface area contributed by atoms with Crippen molar-refractivity contribution >= 4 is 0 Å². The highest BCUT2D eigenvalue weighted by molar-refractivity contribution is 4.79. The molecule has 0 spiro atoms. The van der Waals surface area contributed by atoms with Gasteiger partial charge < -0.3 is 5.32 Å². The molecule has 0 aromatic carbocycles. The van der Waals surface area contributed by atoms with Gasteiger partial charge in [-0.1, -0.05) is 20.3 Å². The lowest BCUT2D eigenvalue weighted by Gasteiger charge is -2.04. The van der Waals surface area contributed by atoms with E-state index < -0.39 is 0 Å². The second kappa shape index (κ2) is 3.21. The van der Waals surface area contributed by atoms with E-state index in [2.05, 4.69) is 19.2 Å². The lowest BCUT2D eigenvalue weighted by molar-refractivity contribution is 0.530. The van der Waals surface area contributed by atoms with Crippen LogP contribution in [0.3, 0.4) is 0 Å². The summed E-state index contributed by atoms with van der Waals surface area (Å²) >= 11 is 0. The highest BCUT2D eigenvalue weighted by Crippen LogP contribution is 2.18. The van der Waals surface area contributed by atoms with E-state index in [4.69, 9.17) is 0 Å². The molecule has 2 unspecified atom stereocenters. The molecule has 1 aliphatic heterocycles. The van der Waals surface area contributed by atoms with Gasteiger partial charge in [-0.3, -0.25) is 0 Å². The summed E-state index contributed by atoms with van der Waals surface area (Å²) in [4.78, 5) is 0. The van der Waals surface area contributed by atoms with Crippen LogP contribution >= 0.6 is 0 Å². The predicted molar refractivity (Wildman–Crippen MR) is 40.5 cm³/mol. The fourth-order valence-corrected chi connectivity index (χ4v) is 1.52. The first-order valence-corrected chi connectivity index (χ1v) is 4.10. The number of nitrogens with one attached hydrogen (secondary N) is 1. The second-order valence-electron chi connectivity index (χ2n) is 3.02. The van der Waals surface area contributed by atoms with E-state index >= 15 is 0 Å². The molecule has 1 aliphatic rings. The van der Waals surface area contributed by atoms with Crippen molar-refractivity contribution in [2.45, 2.75) is 39.2 Å². The molecule has 1 N–H and O–H groups in total. The van der Waals surface area contributed by atoms with Crippen LogP contribution in [0.2, 0.25) is 0 Å². The van der Waals surface area contributed by atoms with Crippen LogP contribution in [0.25, 0.3) is 0 Å². The van der Waals surface area contributed by atoms with Crippen LogP contribution < -0.4 is 5.32 Å². The van der Waals surface area contributed by atoms with Crippen molar-refractivity contribution in [2.75, 3.05) is 6.54 Å². The summed E-state index contributed by atoms with van der Waals surface area (Å²) in [6.45, 7) is 5.80. The van der Waals surface area contributed by atoms with Gasteiger partial charge in [0.25, 0.3) is 0 Å². The summed E-state index contributed by atoms with van der Waals surface area (Å²) in [6.07, 6.45) is 4.06. The molecule has 1 nitrogen and oxygen atoms in total. The summed E-state index contributed by atoms with van der Waals surface area (Å²) < 4.78 is 0. The third-order valence-corrected chi connectivity index (χ3v) is 2.38. The zero-order valence-corrected chi connectivity index (χ0v) is 6.48. The lowest BCUT2D eigenvalue weighted by Crippen LogP contribution is -2.19. The Kier molecular flexibility index (Phi) is 2.52. The average Bonchev–Trinajstić information content (AvgIpc) is 2.34. The monoisotopic (exact) mass is 127 g/mol. The summed E-state index contributed by atoms with van der Waals surface area (Å²) in [6, 6.07) is 0.829. The molecule has 2 atom stereocenters. The first-order chi connectivity index (χ1) is 4.36. The fraction of sp³-hybridized carbons (Fsp3) is 1.00. The molecule has 0 radical (unpaired) electrons. The molecule has 54 valence electrons. The van der Waals surface area contributed by atoms with E-state index in [1.165, 1.54) is 25.8 Å². The topological polar surface area (TPSA) is 12.0 Å². The van der Waals surface area contributed by atoms with Crippen LogP contribution in [0.5, 0.6) is 0 Å². The van der Waals surface area contributed by atoms with E-state index in [1.54, 1.807) is 0 Å². The zero-order valence-electron chi connectivity index (χ0n) is 6.48. The van der Waals surface area contributed by atoms with Crippen LogP contribution in [-0.4, -0.2) is 12.6 Å². The van der Waals surface area contributed by atoms with Gasteiger partial charge >= 0.3 is 0 Å². The minimum atomic E-state index is 0.829. The van der Waals surface area contributed by atoms with Crippen molar-refractivity contribution in [3.05, 3.63) is 0 Å². The highest BCUT2D eigenvalue weighted by Gasteiger charge is 2.20. The molecular weight excluding hydrogens is 110 g/mol. The van der Waals surface area contributed by atoms with Gasteiger partial charge in [-0.25, -0.2) is 0 Å². The average molecular weight is 127 g/mol. The second-order valence-corrected chi connectivity index (χ2v) is 3.02. The smallest absolute Gasteiger partial charge is 0.00676 e. The Labute approximate surface area is 57.8 Å². The third kappa shape index (κ3) is 1.68. The van der Waals surface area contributed by atoms with Gasteiger partial charge in [0.15, 0.2) is 0 Å². The maximum atomic E-state index is 3.51. The predicted octanol–water partition coefficient (Wildman–Crippen LogP) is 1.78. The van der Waals surface area contributed by atoms with E-state index in [1.807, 2.05) is 0 Å². The van der Waals surface area contributed by atoms with Crippen LogP contribution in [0.1, 0.15) is 33.1 Å². The molecule has 1 heterocycles.